The lowest BCUT2D eigenvalue weighted by atomic mass is 10.2. The second kappa shape index (κ2) is 4.49. The molecule has 1 aliphatic rings. The fourth-order valence-electron chi connectivity index (χ4n) is 1.98. The van der Waals surface area contributed by atoms with Crippen molar-refractivity contribution in [2.45, 2.75) is 0 Å². The van der Waals surface area contributed by atoms with Crippen LogP contribution in [-0.2, 0) is 4.79 Å². The molecule has 0 saturated heterocycles. The van der Waals surface area contributed by atoms with Crippen LogP contribution in [-0.4, -0.2) is 11.1 Å². The number of nitrogens with zero attached hydrogens (tertiary/aromatic N) is 1. The largest absolute Gasteiger partial charge is 0.475 e. The minimum Gasteiger partial charge on any atom is -0.475 e. The molecule has 4 heteroatoms. The van der Waals surface area contributed by atoms with E-state index in [1.54, 1.807) is 6.07 Å². The number of anilines is 2. The zero-order valence-corrected chi connectivity index (χ0v) is 9.98. The number of carboxylic acid groups (broad SMARTS) is 1. The van der Waals surface area contributed by atoms with E-state index in [2.05, 4.69) is 0 Å². The van der Waals surface area contributed by atoms with E-state index in [0.717, 1.165) is 11.4 Å². The highest BCUT2D eigenvalue weighted by Gasteiger charge is 2.23. The molecule has 1 heterocycles. The molecule has 2 aromatic rings. The summed E-state index contributed by atoms with van der Waals surface area (Å²) in [6, 6.07) is 16.9. The first kappa shape index (κ1) is 11.3. The molecule has 94 valence electrons. The van der Waals surface area contributed by atoms with Gasteiger partial charge in [-0.3, -0.25) is 0 Å². The Labute approximate surface area is 110 Å². The van der Waals surface area contributed by atoms with Crippen LogP contribution in [0.3, 0.4) is 0 Å². The first-order valence-corrected chi connectivity index (χ1v) is 5.82. The third-order valence-electron chi connectivity index (χ3n) is 2.84. The molecule has 0 atom stereocenters. The second-order valence-electron chi connectivity index (χ2n) is 4.07. The maximum absolute atomic E-state index is 11.1. The lowest BCUT2D eigenvalue weighted by Crippen LogP contribution is -2.21. The Morgan fingerprint density at radius 3 is 2.42 bits per heavy atom. The maximum atomic E-state index is 11.1. The van der Waals surface area contributed by atoms with Crippen molar-refractivity contribution >= 4 is 17.3 Å². The second-order valence-corrected chi connectivity index (χ2v) is 4.07. The van der Waals surface area contributed by atoms with Gasteiger partial charge in [0.15, 0.2) is 5.75 Å². The Kier molecular flexibility index (Phi) is 2.68. The standard InChI is InChI=1S/C15H11NO3/c17-15(18)14-10-16(11-6-2-1-3-7-11)12-8-4-5-9-13(12)19-14/h1-10H,(H,17,18). The van der Waals surface area contributed by atoms with Crippen LogP contribution in [0.4, 0.5) is 11.4 Å². The Balaban J connectivity index is 2.13. The molecule has 2 aromatic carbocycles. The summed E-state index contributed by atoms with van der Waals surface area (Å²) in [5.41, 5.74) is 1.70. The SMILES string of the molecule is O=C(O)C1=CN(c2ccccc2)c2ccccc2O1. The van der Waals surface area contributed by atoms with Gasteiger partial charge in [-0.2, -0.15) is 0 Å². The normalized spacial score (nSPS) is 13.3. The van der Waals surface area contributed by atoms with Crippen molar-refractivity contribution in [2.75, 3.05) is 4.90 Å². The number of carbonyl (C=O) groups is 1. The smallest absolute Gasteiger partial charge is 0.373 e. The summed E-state index contributed by atoms with van der Waals surface area (Å²) in [5.74, 6) is -0.649. The fourth-order valence-corrected chi connectivity index (χ4v) is 1.98. The van der Waals surface area contributed by atoms with Gasteiger partial charge in [-0.1, -0.05) is 30.3 Å². The van der Waals surface area contributed by atoms with Crippen molar-refractivity contribution < 1.29 is 14.6 Å². The van der Waals surface area contributed by atoms with E-state index < -0.39 is 5.97 Å². The molecule has 0 amide bonds. The number of fused-ring (bicyclic) bond motifs is 1. The Hall–Kier alpha value is -2.75. The molecule has 1 N–H and O–H groups in total. The van der Waals surface area contributed by atoms with Gasteiger partial charge in [0.2, 0.25) is 5.76 Å². The van der Waals surface area contributed by atoms with Crippen LogP contribution in [0.1, 0.15) is 0 Å². The molecule has 0 radical (unpaired) electrons. The van der Waals surface area contributed by atoms with E-state index in [-0.39, 0.29) is 5.76 Å². The average molecular weight is 253 g/mol. The van der Waals surface area contributed by atoms with E-state index >= 15 is 0 Å². The molecule has 0 fully saturated rings. The number of hydrogen-bond acceptors (Lipinski definition) is 3. The molecule has 0 spiro atoms. The number of ether oxygens (including phenoxy) is 1. The van der Waals surface area contributed by atoms with Crippen molar-refractivity contribution in [3.63, 3.8) is 0 Å². The Morgan fingerprint density at radius 2 is 1.68 bits per heavy atom. The number of aliphatic carboxylic acids is 1. The van der Waals surface area contributed by atoms with E-state index in [1.807, 2.05) is 53.4 Å². The number of carboxylic acids is 1. The van der Waals surface area contributed by atoms with Gasteiger partial charge in [0.05, 0.1) is 11.9 Å². The van der Waals surface area contributed by atoms with Crippen LogP contribution < -0.4 is 9.64 Å². The van der Waals surface area contributed by atoms with E-state index in [0.29, 0.717) is 5.75 Å². The Bertz CT molecular complexity index is 649. The third-order valence-corrected chi connectivity index (χ3v) is 2.84. The predicted molar refractivity (Wildman–Crippen MR) is 71.4 cm³/mol. The first-order valence-electron chi connectivity index (χ1n) is 5.82. The third kappa shape index (κ3) is 2.04. The molecule has 0 saturated carbocycles. The fraction of sp³-hybridized carbons (Fsp3) is 0. The molecule has 0 bridgehead atoms. The molecule has 19 heavy (non-hydrogen) atoms. The van der Waals surface area contributed by atoms with Crippen molar-refractivity contribution in [3.8, 4) is 5.75 Å². The monoisotopic (exact) mass is 253 g/mol. The van der Waals surface area contributed by atoms with Gasteiger partial charge in [-0.25, -0.2) is 4.79 Å². The minimum absolute atomic E-state index is 0.0949. The zero-order chi connectivity index (χ0) is 13.2. The van der Waals surface area contributed by atoms with Gasteiger partial charge < -0.3 is 14.7 Å². The van der Waals surface area contributed by atoms with E-state index in [1.165, 1.54) is 6.20 Å². The maximum Gasteiger partial charge on any atom is 0.373 e. The predicted octanol–water partition coefficient (Wildman–Crippen LogP) is 3.14. The van der Waals surface area contributed by atoms with E-state index in [4.69, 9.17) is 9.84 Å². The summed E-state index contributed by atoms with van der Waals surface area (Å²) in [4.78, 5) is 12.9. The number of benzene rings is 2. The molecular formula is C15H11NO3. The summed E-state index contributed by atoms with van der Waals surface area (Å²) in [7, 11) is 0. The molecular weight excluding hydrogens is 242 g/mol. The van der Waals surface area contributed by atoms with Crippen molar-refractivity contribution in [1.29, 1.82) is 0 Å². The molecule has 0 aliphatic carbocycles. The van der Waals surface area contributed by atoms with Crippen molar-refractivity contribution in [2.24, 2.45) is 0 Å². The van der Waals surface area contributed by atoms with Gasteiger partial charge >= 0.3 is 5.97 Å². The number of rotatable bonds is 2. The first-order chi connectivity index (χ1) is 9.25. The van der Waals surface area contributed by atoms with Crippen LogP contribution >= 0.6 is 0 Å². The molecule has 4 nitrogen and oxygen atoms in total. The summed E-state index contributed by atoms with van der Waals surface area (Å²) in [6.45, 7) is 0. The minimum atomic E-state index is -1.09. The van der Waals surface area contributed by atoms with Gasteiger partial charge in [0.1, 0.15) is 0 Å². The van der Waals surface area contributed by atoms with Gasteiger partial charge in [-0.05, 0) is 24.3 Å². The summed E-state index contributed by atoms with van der Waals surface area (Å²) in [6.07, 6.45) is 1.49. The van der Waals surface area contributed by atoms with Crippen LogP contribution in [0, 0.1) is 0 Å². The highest BCUT2D eigenvalue weighted by molar-refractivity contribution is 5.88. The molecule has 1 aliphatic heterocycles. The lowest BCUT2D eigenvalue weighted by Gasteiger charge is -2.27. The van der Waals surface area contributed by atoms with Gasteiger partial charge in [0, 0.05) is 5.69 Å². The number of hydrogen-bond donors (Lipinski definition) is 1. The zero-order valence-electron chi connectivity index (χ0n) is 9.98. The number of para-hydroxylation sites is 3. The Morgan fingerprint density at radius 1 is 1.00 bits per heavy atom. The average Bonchev–Trinajstić information content (AvgIpc) is 2.47. The summed E-state index contributed by atoms with van der Waals surface area (Å²) < 4.78 is 5.36. The van der Waals surface area contributed by atoms with Crippen molar-refractivity contribution in [1.82, 2.24) is 0 Å². The summed E-state index contributed by atoms with van der Waals surface area (Å²) in [5, 5.41) is 9.11. The van der Waals surface area contributed by atoms with Crippen LogP contribution in [0.2, 0.25) is 0 Å². The summed E-state index contributed by atoms with van der Waals surface area (Å²) >= 11 is 0. The molecule has 0 unspecified atom stereocenters. The highest BCUT2D eigenvalue weighted by atomic mass is 16.5. The van der Waals surface area contributed by atoms with Gasteiger partial charge in [-0.15, -0.1) is 0 Å². The topological polar surface area (TPSA) is 49.8 Å². The van der Waals surface area contributed by atoms with Gasteiger partial charge in [0.25, 0.3) is 0 Å². The van der Waals surface area contributed by atoms with Crippen LogP contribution in [0.25, 0.3) is 0 Å². The van der Waals surface area contributed by atoms with Crippen LogP contribution in [0.5, 0.6) is 5.75 Å². The highest BCUT2D eigenvalue weighted by Crippen LogP contribution is 2.38. The van der Waals surface area contributed by atoms with Crippen molar-refractivity contribution in [3.05, 3.63) is 66.6 Å². The molecule has 3 rings (SSSR count). The lowest BCUT2D eigenvalue weighted by molar-refractivity contribution is -0.135. The van der Waals surface area contributed by atoms with Crippen LogP contribution in [0.15, 0.2) is 66.6 Å². The molecule has 0 aromatic heterocycles. The quantitative estimate of drug-likeness (QED) is 0.893. The van der Waals surface area contributed by atoms with E-state index in [9.17, 15) is 4.79 Å².